The first-order valence-corrected chi connectivity index (χ1v) is 10.5. The first kappa shape index (κ1) is 23.5. The molecule has 0 aromatic carbocycles. The lowest BCUT2D eigenvalue weighted by Crippen LogP contribution is -2.12. The van der Waals surface area contributed by atoms with E-state index in [0.717, 1.165) is 10.4 Å². The molecule has 0 spiro atoms. The van der Waals surface area contributed by atoms with E-state index in [1.165, 1.54) is 12.4 Å². The second kappa shape index (κ2) is 9.28. The number of nitrogens with two attached hydrogens (primary N) is 1. The number of alkyl halides is 3. The van der Waals surface area contributed by atoms with Crippen molar-refractivity contribution in [2.75, 3.05) is 36.9 Å². The number of nitrogen functional groups attached to an aromatic ring is 1. The Morgan fingerprint density at radius 3 is 2.32 bits per heavy atom. The largest absolute Gasteiger partial charge is 0.435 e. The Balaban J connectivity index is 0.00000185. The van der Waals surface area contributed by atoms with Gasteiger partial charge in [0, 0.05) is 5.75 Å². The summed E-state index contributed by atoms with van der Waals surface area (Å²) in [6.07, 6.45) is 4.36. The molecule has 2 aromatic rings. The van der Waals surface area contributed by atoms with E-state index in [4.69, 9.17) is 10.5 Å². The molecule has 2 heterocycles. The molecular formula is C16H29F3N4OS. The highest BCUT2D eigenvalue weighted by Crippen LogP contribution is 2.36. The molecule has 2 rings (SSSR count). The summed E-state index contributed by atoms with van der Waals surface area (Å²) in [6, 6.07) is 0. The minimum absolute atomic E-state index is 0. The molecule has 0 aliphatic carbocycles. The third-order valence-corrected chi connectivity index (χ3v) is 4.40. The smallest absolute Gasteiger partial charge is 0.397 e. The maximum atomic E-state index is 13.1. The fourth-order valence-corrected chi connectivity index (χ4v) is 2.52. The zero-order valence-corrected chi connectivity index (χ0v) is 15.5. The number of halogens is 3. The van der Waals surface area contributed by atoms with Gasteiger partial charge in [0.1, 0.15) is 6.73 Å². The summed E-state index contributed by atoms with van der Waals surface area (Å²) < 4.78 is 45.8. The number of fused-ring (bicyclic) bond motifs is 1. The zero-order valence-electron chi connectivity index (χ0n) is 14.6. The average Bonchev–Trinajstić information content (AvgIpc) is 2.85. The van der Waals surface area contributed by atoms with Crippen LogP contribution in [0.3, 0.4) is 0 Å². The van der Waals surface area contributed by atoms with Crippen LogP contribution in [0.25, 0.3) is 10.9 Å². The second-order valence-electron chi connectivity index (χ2n) is 5.80. The van der Waals surface area contributed by atoms with Gasteiger partial charge in [-0.3, -0.25) is 4.98 Å². The number of hydrogen-bond donors (Lipinski definition) is 1. The van der Waals surface area contributed by atoms with Crippen LogP contribution in [-0.4, -0.2) is 45.9 Å². The quantitative estimate of drug-likeness (QED) is 0.780. The molecule has 0 unspecified atom stereocenters. The van der Waals surface area contributed by atoms with E-state index in [-0.39, 0.29) is 30.7 Å². The second-order valence-corrected chi connectivity index (χ2v) is 10.4. The van der Waals surface area contributed by atoms with Crippen molar-refractivity contribution < 1.29 is 17.9 Å². The molecule has 0 aliphatic heterocycles. The summed E-state index contributed by atoms with van der Waals surface area (Å²) in [4.78, 5) is 3.83. The van der Waals surface area contributed by atoms with Crippen molar-refractivity contribution in [1.29, 1.82) is 0 Å². The maximum absolute atomic E-state index is 13.1. The Hall–Kier alpha value is -1.48. The molecule has 5 nitrogen and oxygen atoms in total. The van der Waals surface area contributed by atoms with Crippen LogP contribution in [0.2, 0.25) is 0 Å². The van der Waals surface area contributed by atoms with Crippen molar-refractivity contribution in [3.8, 4) is 0 Å². The summed E-state index contributed by atoms with van der Waals surface area (Å²) in [5.41, 5.74) is 4.79. The van der Waals surface area contributed by atoms with E-state index >= 15 is 0 Å². The molecule has 2 N–H and O–H groups in total. The predicted octanol–water partition coefficient (Wildman–Crippen LogP) is 4.36. The maximum Gasteiger partial charge on any atom is 0.435 e. The van der Waals surface area contributed by atoms with Crippen LogP contribution < -0.4 is 5.73 Å². The summed E-state index contributed by atoms with van der Waals surface area (Å²) in [7, 11) is -0.713. The van der Waals surface area contributed by atoms with Gasteiger partial charge in [-0.05, 0) is 18.8 Å². The van der Waals surface area contributed by atoms with Crippen molar-refractivity contribution in [2.45, 2.75) is 34.2 Å². The zero-order chi connectivity index (χ0) is 18.5. The summed E-state index contributed by atoms with van der Waals surface area (Å²) in [5, 5.41) is 3.48. The SMILES string of the molecule is C.CC.CS(C)(C)CCOCn1nc(C(F)(F)F)c2c(N)cncc21. The Labute approximate surface area is 149 Å². The highest BCUT2D eigenvalue weighted by molar-refractivity contribution is 8.32. The highest BCUT2D eigenvalue weighted by atomic mass is 32.3. The first-order chi connectivity index (χ1) is 11.1. The van der Waals surface area contributed by atoms with Crippen LogP contribution in [0.1, 0.15) is 27.0 Å². The fraction of sp³-hybridized carbons (Fsp3) is 0.625. The third kappa shape index (κ3) is 6.39. The molecule has 146 valence electrons. The van der Waals surface area contributed by atoms with E-state index in [1.807, 2.05) is 13.8 Å². The van der Waals surface area contributed by atoms with Gasteiger partial charge in [0.25, 0.3) is 0 Å². The minimum Gasteiger partial charge on any atom is -0.397 e. The van der Waals surface area contributed by atoms with Gasteiger partial charge >= 0.3 is 6.18 Å². The molecule has 0 aliphatic rings. The van der Waals surface area contributed by atoms with E-state index in [0.29, 0.717) is 6.61 Å². The fourth-order valence-electron chi connectivity index (χ4n) is 1.90. The van der Waals surface area contributed by atoms with Crippen LogP contribution in [0.15, 0.2) is 12.4 Å². The van der Waals surface area contributed by atoms with Gasteiger partial charge in [0.15, 0.2) is 5.69 Å². The number of hydrogen-bond acceptors (Lipinski definition) is 4. The van der Waals surface area contributed by atoms with E-state index < -0.39 is 21.9 Å². The van der Waals surface area contributed by atoms with E-state index in [9.17, 15) is 13.2 Å². The lowest BCUT2D eigenvalue weighted by molar-refractivity contribution is -0.140. The van der Waals surface area contributed by atoms with Gasteiger partial charge < -0.3 is 10.5 Å². The van der Waals surface area contributed by atoms with Crippen molar-refractivity contribution in [1.82, 2.24) is 14.8 Å². The Morgan fingerprint density at radius 1 is 1.20 bits per heavy atom. The molecule has 0 saturated heterocycles. The molecule has 9 heteroatoms. The Bertz CT molecular complexity index is 666. The summed E-state index contributed by atoms with van der Waals surface area (Å²) in [6.45, 7) is 4.41. The van der Waals surface area contributed by atoms with Crippen LogP contribution in [0, 0.1) is 0 Å². The van der Waals surface area contributed by atoms with E-state index in [2.05, 4.69) is 28.8 Å². The summed E-state index contributed by atoms with van der Waals surface area (Å²) in [5.74, 6) is 0.874. The van der Waals surface area contributed by atoms with Crippen LogP contribution in [-0.2, 0) is 17.6 Å². The number of nitrogens with zero attached hydrogens (tertiary/aromatic N) is 3. The molecule has 0 radical (unpaired) electrons. The molecule has 0 fully saturated rings. The minimum atomic E-state index is -4.57. The van der Waals surface area contributed by atoms with Crippen molar-refractivity contribution in [3.63, 3.8) is 0 Å². The first-order valence-electron chi connectivity index (χ1n) is 7.50. The summed E-state index contributed by atoms with van der Waals surface area (Å²) >= 11 is 0. The predicted molar refractivity (Wildman–Crippen MR) is 101 cm³/mol. The van der Waals surface area contributed by atoms with Gasteiger partial charge in [0.2, 0.25) is 0 Å². The number of pyridine rings is 1. The van der Waals surface area contributed by atoms with E-state index in [1.54, 1.807) is 0 Å². The van der Waals surface area contributed by atoms with Gasteiger partial charge in [-0.25, -0.2) is 14.7 Å². The van der Waals surface area contributed by atoms with Crippen LogP contribution in [0.4, 0.5) is 18.9 Å². The van der Waals surface area contributed by atoms with Crippen LogP contribution in [0.5, 0.6) is 0 Å². The molecule has 0 amide bonds. The standard InChI is InChI=1S/C13H19F3N4OS.C2H6.CH4/c1-22(2,3)5-4-21-8-20-10-7-18-6-9(17)11(10)12(19-20)13(14,15)16;1-2;/h6-7H,4-5,8,17H2,1-3H3;1-2H3;1H4. The van der Waals surface area contributed by atoms with Gasteiger partial charge in [-0.2, -0.15) is 18.3 Å². The van der Waals surface area contributed by atoms with Crippen molar-refractivity contribution in [3.05, 3.63) is 18.1 Å². The molecule has 2 aromatic heterocycles. The molecule has 0 atom stereocenters. The van der Waals surface area contributed by atoms with Crippen LogP contribution >= 0.6 is 10.0 Å². The van der Waals surface area contributed by atoms with Gasteiger partial charge in [0.05, 0.1) is 35.6 Å². The number of ether oxygens (including phenoxy) is 1. The molecule has 0 bridgehead atoms. The number of anilines is 1. The lowest BCUT2D eigenvalue weighted by Gasteiger charge is -2.24. The van der Waals surface area contributed by atoms with Gasteiger partial charge in [-0.1, -0.05) is 21.3 Å². The number of rotatable bonds is 5. The highest BCUT2D eigenvalue weighted by Gasteiger charge is 2.37. The normalized spacial score (nSPS) is 12.3. The molecule has 25 heavy (non-hydrogen) atoms. The van der Waals surface area contributed by atoms with Crippen molar-refractivity contribution >= 4 is 26.6 Å². The monoisotopic (exact) mass is 382 g/mol. The Morgan fingerprint density at radius 2 is 1.80 bits per heavy atom. The molecule has 0 saturated carbocycles. The average molecular weight is 382 g/mol. The van der Waals surface area contributed by atoms with Gasteiger partial charge in [-0.15, -0.1) is 0 Å². The van der Waals surface area contributed by atoms with Crippen molar-refractivity contribution in [2.24, 2.45) is 0 Å². The number of aromatic nitrogens is 3. The lowest BCUT2D eigenvalue weighted by atomic mass is 10.2. The third-order valence-electron chi connectivity index (χ3n) is 3.01. The Kier molecular flexibility index (Phi) is 8.73. The molecular weight excluding hydrogens is 353 g/mol. The topological polar surface area (TPSA) is 66.0 Å².